The first-order valence-electron chi connectivity index (χ1n) is 7.34. The lowest BCUT2D eigenvalue weighted by molar-refractivity contribution is 0.249. The normalized spacial score (nSPS) is 11.8. The highest BCUT2D eigenvalue weighted by Crippen LogP contribution is 2.23. The molecule has 2 aromatic heterocycles. The second kappa shape index (κ2) is 6.91. The van der Waals surface area contributed by atoms with Gasteiger partial charge in [0.15, 0.2) is 0 Å². The molecule has 0 aliphatic heterocycles. The number of hydrogen-bond donors (Lipinski definition) is 2. The lowest BCUT2D eigenvalue weighted by atomic mass is 10.1. The third-order valence-corrected chi connectivity index (χ3v) is 3.53. The van der Waals surface area contributed by atoms with Crippen LogP contribution in [0.1, 0.15) is 17.4 Å². The van der Waals surface area contributed by atoms with E-state index in [2.05, 4.69) is 20.6 Å². The van der Waals surface area contributed by atoms with Gasteiger partial charge < -0.3 is 15.2 Å². The second-order valence-corrected chi connectivity index (χ2v) is 5.19. The Bertz CT molecular complexity index is 834. The minimum Gasteiger partial charge on any atom is -0.336 e. The van der Waals surface area contributed by atoms with Crippen molar-refractivity contribution in [3.63, 3.8) is 0 Å². The molecule has 7 heteroatoms. The lowest BCUT2D eigenvalue weighted by Gasteiger charge is -2.20. The van der Waals surface area contributed by atoms with E-state index in [1.165, 1.54) is 12.3 Å². The van der Waals surface area contributed by atoms with Crippen molar-refractivity contribution in [2.75, 3.05) is 5.32 Å². The van der Waals surface area contributed by atoms with Crippen molar-refractivity contribution >= 4 is 11.7 Å². The number of urea groups is 1. The van der Waals surface area contributed by atoms with Gasteiger partial charge in [-0.15, -0.1) is 0 Å². The number of nitrogens with one attached hydrogen (secondary N) is 2. The average Bonchev–Trinajstić information content (AvgIpc) is 3.00. The van der Waals surface area contributed by atoms with E-state index in [4.69, 9.17) is 0 Å². The number of imidazole rings is 1. The van der Waals surface area contributed by atoms with Gasteiger partial charge in [-0.2, -0.15) is 0 Å². The number of benzene rings is 1. The second-order valence-electron chi connectivity index (χ2n) is 5.19. The molecule has 3 rings (SSSR count). The number of rotatable bonds is 4. The van der Waals surface area contributed by atoms with E-state index in [1.807, 2.05) is 0 Å². The van der Waals surface area contributed by atoms with Crippen LogP contribution in [0.4, 0.5) is 14.9 Å². The molecule has 122 valence electrons. The topological polar surface area (TPSA) is 71.8 Å². The molecule has 2 amide bonds. The molecule has 0 aliphatic carbocycles. The van der Waals surface area contributed by atoms with E-state index >= 15 is 0 Å². The third kappa shape index (κ3) is 3.40. The maximum absolute atomic E-state index is 14.2. The summed E-state index contributed by atoms with van der Waals surface area (Å²) in [6, 6.07) is 8.53. The van der Waals surface area contributed by atoms with Crippen LogP contribution in [0.15, 0.2) is 61.2 Å². The number of pyridine rings is 1. The zero-order valence-corrected chi connectivity index (χ0v) is 13.0. The van der Waals surface area contributed by atoms with Crippen molar-refractivity contribution in [2.24, 2.45) is 7.05 Å². The summed E-state index contributed by atoms with van der Waals surface area (Å²) in [7, 11) is 1.79. The molecule has 0 saturated carbocycles. The van der Waals surface area contributed by atoms with Crippen LogP contribution in [0, 0.1) is 5.82 Å². The van der Waals surface area contributed by atoms with E-state index in [1.54, 1.807) is 60.5 Å². The average molecular weight is 325 g/mol. The molecule has 24 heavy (non-hydrogen) atoms. The Morgan fingerprint density at radius 2 is 2.04 bits per heavy atom. The van der Waals surface area contributed by atoms with Crippen LogP contribution in [0.5, 0.6) is 0 Å². The Balaban J connectivity index is 1.87. The first-order valence-corrected chi connectivity index (χ1v) is 7.34. The van der Waals surface area contributed by atoms with Gasteiger partial charge in [0, 0.05) is 31.2 Å². The SMILES string of the molecule is Cn1ccnc1[C@H](NC(=O)Nc1cccnc1)c1ccccc1F. The number of aryl methyl sites for hydroxylation is 1. The van der Waals surface area contributed by atoms with Crippen molar-refractivity contribution in [2.45, 2.75) is 6.04 Å². The molecule has 0 aliphatic rings. The van der Waals surface area contributed by atoms with E-state index in [0.717, 1.165) is 0 Å². The monoisotopic (exact) mass is 325 g/mol. The Morgan fingerprint density at radius 1 is 1.21 bits per heavy atom. The summed E-state index contributed by atoms with van der Waals surface area (Å²) < 4.78 is 16.0. The van der Waals surface area contributed by atoms with Gasteiger partial charge in [-0.05, 0) is 18.2 Å². The van der Waals surface area contributed by atoms with Crippen LogP contribution in [0.2, 0.25) is 0 Å². The highest BCUT2D eigenvalue weighted by atomic mass is 19.1. The van der Waals surface area contributed by atoms with Crippen LogP contribution in [-0.4, -0.2) is 20.6 Å². The molecule has 0 spiro atoms. The Kier molecular flexibility index (Phi) is 4.51. The molecule has 3 aromatic rings. The van der Waals surface area contributed by atoms with Gasteiger partial charge in [0.25, 0.3) is 0 Å². The summed E-state index contributed by atoms with van der Waals surface area (Å²) in [5.41, 5.74) is 0.885. The van der Waals surface area contributed by atoms with Crippen LogP contribution < -0.4 is 10.6 Å². The number of aromatic nitrogens is 3. The number of carbonyl (C=O) groups excluding carboxylic acids is 1. The quantitative estimate of drug-likeness (QED) is 0.775. The molecule has 1 atom stereocenters. The van der Waals surface area contributed by atoms with E-state index in [9.17, 15) is 9.18 Å². The van der Waals surface area contributed by atoms with Gasteiger partial charge in [0.1, 0.15) is 17.7 Å². The Labute approximate surface area is 138 Å². The van der Waals surface area contributed by atoms with Crippen LogP contribution in [0.3, 0.4) is 0 Å². The van der Waals surface area contributed by atoms with Crippen LogP contribution in [-0.2, 0) is 7.05 Å². The molecule has 0 bridgehead atoms. The highest BCUT2D eigenvalue weighted by Gasteiger charge is 2.23. The summed E-state index contributed by atoms with van der Waals surface area (Å²) in [4.78, 5) is 20.5. The van der Waals surface area contributed by atoms with Gasteiger partial charge >= 0.3 is 6.03 Å². The third-order valence-electron chi connectivity index (χ3n) is 3.53. The zero-order valence-electron chi connectivity index (χ0n) is 13.0. The Morgan fingerprint density at radius 3 is 2.71 bits per heavy atom. The summed E-state index contributed by atoms with van der Waals surface area (Å²) in [5, 5.41) is 5.44. The standard InChI is InChI=1S/C17H16FN5O/c1-23-10-9-20-16(23)15(13-6-2-3-7-14(13)18)22-17(24)21-12-5-4-8-19-11-12/h2-11,15H,1H3,(H2,21,22,24)/t15-/m1/s1. The molecule has 0 radical (unpaired) electrons. The minimum atomic E-state index is -0.720. The molecule has 2 heterocycles. The maximum atomic E-state index is 14.2. The summed E-state index contributed by atoms with van der Waals surface area (Å²) >= 11 is 0. The summed E-state index contributed by atoms with van der Waals surface area (Å²) in [5.74, 6) is 0.119. The number of halogens is 1. The van der Waals surface area contributed by atoms with Crippen molar-refractivity contribution in [1.29, 1.82) is 0 Å². The van der Waals surface area contributed by atoms with Crippen molar-refractivity contribution in [1.82, 2.24) is 19.9 Å². The fourth-order valence-corrected chi connectivity index (χ4v) is 2.38. The number of nitrogens with zero attached hydrogens (tertiary/aromatic N) is 3. The number of anilines is 1. The van der Waals surface area contributed by atoms with Crippen molar-refractivity contribution < 1.29 is 9.18 Å². The molecule has 0 fully saturated rings. The summed E-state index contributed by atoms with van der Waals surface area (Å²) in [6.45, 7) is 0. The number of hydrogen-bond acceptors (Lipinski definition) is 3. The van der Waals surface area contributed by atoms with Gasteiger partial charge in [0.05, 0.1) is 11.9 Å². The largest absolute Gasteiger partial charge is 0.336 e. The molecule has 6 nitrogen and oxygen atoms in total. The molecule has 2 N–H and O–H groups in total. The number of amides is 2. The Hall–Kier alpha value is -3.22. The molecular formula is C17H16FN5O. The van der Waals surface area contributed by atoms with E-state index in [0.29, 0.717) is 17.1 Å². The fourth-order valence-electron chi connectivity index (χ4n) is 2.38. The van der Waals surface area contributed by atoms with Crippen molar-refractivity contribution in [3.05, 3.63) is 78.4 Å². The molecule has 0 saturated heterocycles. The fraction of sp³-hybridized carbons (Fsp3) is 0.118. The van der Waals surface area contributed by atoms with Gasteiger partial charge in [-0.1, -0.05) is 18.2 Å². The lowest BCUT2D eigenvalue weighted by Crippen LogP contribution is -2.35. The first-order chi connectivity index (χ1) is 11.6. The van der Waals surface area contributed by atoms with Crippen LogP contribution >= 0.6 is 0 Å². The van der Waals surface area contributed by atoms with Gasteiger partial charge in [-0.3, -0.25) is 4.98 Å². The summed E-state index contributed by atoms with van der Waals surface area (Å²) in [6.07, 6.45) is 6.48. The minimum absolute atomic E-state index is 0.341. The first kappa shape index (κ1) is 15.7. The number of carbonyl (C=O) groups is 1. The molecular weight excluding hydrogens is 309 g/mol. The molecule has 0 unspecified atom stereocenters. The van der Waals surface area contributed by atoms with Gasteiger partial charge in [0.2, 0.25) is 0 Å². The smallest absolute Gasteiger partial charge is 0.320 e. The van der Waals surface area contributed by atoms with E-state index < -0.39 is 17.9 Å². The van der Waals surface area contributed by atoms with E-state index in [-0.39, 0.29) is 0 Å². The highest BCUT2D eigenvalue weighted by molar-refractivity contribution is 5.89. The predicted molar refractivity (Wildman–Crippen MR) is 87.8 cm³/mol. The van der Waals surface area contributed by atoms with Crippen LogP contribution in [0.25, 0.3) is 0 Å². The zero-order chi connectivity index (χ0) is 16.9. The van der Waals surface area contributed by atoms with Gasteiger partial charge in [-0.25, -0.2) is 14.2 Å². The maximum Gasteiger partial charge on any atom is 0.320 e. The molecule has 1 aromatic carbocycles. The van der Waals surface area contributed by atoms with Crippen molar-refractivity contribution in [3.8, 4) is 0 Å². The predicted octanol–water partition coefficient (Wildman–Crippen LogP) is 2.87.